The highest BCUT2D eigenvalue weighted by Gasteiger charge is 2.05. The summed E-state index contributed by atoms with van der Waals surface area (Å²) < 4.78 is 1.97. The number of halogens is 1. The second kappa shape index (κ2) is 10.1. The Kier molecular flexibility index (Phi) is 7.84. The molecule has 3 aromatic rings. The van der Waals surface area contributed by atoms with E-state index in [1.807, 2.05) is 47.2 Å². The maximum Gasteiger partial charge on any atom is 0.193 e. The van der Waals surface area contributed by atoms with E-state index in [9.17, 15) is 0 Å². The smallest absolute Gasteiger partial charge is 0.193 e. The Morgan fingerprint density at radius 1 is 1.19 bits per heavy atom. The van der Waals surface area contributed by atoms with Crippen LogP contribution in [0.25, 0.3) is 5.69 Å². The van der Waals surface area contributed by atoms with Crippen molar-refractivity contribution >= 4 is 35.6 Å². The zero-order valence-electron chi connectivity index (χ0n) is 15.7. The number of aromatic nitrogens is 2. The Bertz CT molecular complexity index is 857. The molecule has 27 heavy (non-hydrogen) atoms. The van der Waals surface area contributed by atoms with Crippen molar-refractivity contribution in [2.24, 2.45) is 10.7 Å². The summed E-state index contributed by atoms with van der Waals surface area (Å²) in [6.45, 7) is 4.93. The Morgan fingerprint density at radius 3 is 2.59 bits per heavy atom. The second-order valence-corrected chi connectivity index (χ2v) is 6.36. The van der Waals surface area contributed by atoms with E-state index in [-0.39, 0.29) is 24.0 Å². The van der Waals surface area contributed by atoms with Crippen molar-refractivity contribution in [1.82, 2.24) is 9.55 Å². The number of imidazole rings is 1. The number of nitrogens with one attached hydrogen (secondary N) is 1. The minimum atomic E-state index is 0. The van der Waals surface area contributed by atoms with Crippen molar-refractivity contribution in [2.75, 3.05) is 5.32 Å². The maximum atomic E-state index is 6.07. The lowest BCUT2D eigenvalue weighted by molar-refractivity contribution is 0.734. The van der Waals surface area contributed by atoms with Gasteiger partial charge in [-0.25, -0.2) is 9.98 Å². The van der Waals surface area contributed by atoms with Crippen LogP contribution < -0.4 is 11.1 Å². The van der Waals surface area contributed by atoms with Crippen LogP contribution in [0, 0.1) is 0 Å². The molecule has 2 aromatic carbocycles. The van der Waals surface area contributed by atoms with Gasteiger partial charge in [-0.2, -0.15) is 0 Å². The van der Waals surface area contributed by atoms with Crippen LogP contribution in [0.15, 0.2) is 72.2 Å². The van der Waals surface area contributed by atoms with Gasteiger partial charge in [0.2, 0.25) is 0 Å². The zero-order valence-corrected chi connectivity index (χ0v) is 18.0. The molecule has 0 radical (unpaired) electrons. The van der Waals surface area contributed by atoms with Gasteiger partial charge in [0.1, 0.15) is 0 Å². The maximum absolute atomic E-state index is 6.07. The normalized spacial score (nSPS) is 12.3. The van der Waals surface area contributed by atoms with E-state index in [1.54, 1.807) is 12.5 Å². The van der Waals surface area contributed by atoms with Crippen LogP contribution in [0.5, 0.6) is 0 Å². The van der Waals surface area contributed by atoms with Gasteiger partial charge in [-0.1, -0.05) is 44.2 Å². The molecular formula is C21H26IN5. The van der Waals surface area contributed by atoms with Gasteiger partial charge in [0.05, 0.1) is 18.6 Å². The van der Waals surface area contributed by atoms with Gasteiger partial charge in [0, 0.05) is 18.1 Å². The molecule has 0 spiro atoms. The summed E-state index contributed by atoms with van der Waals surface area (Å²) in [5.41, 5.74) is 10.5. The van der Waals surface area contributed by atoms with Crippen molar-refractivity contribution in [3.63, 3.8) is 0 Å². The van der Waals surface area contributed by atoms with E-state index in [4.69, 9.17) is 5.73 Å². The van der Waals surface area contributed by atoms with Gasteiger partial charge in [-0.15, -0.1) is 24.0 Å². The molecule has 1 aromatic heterocycles. The van der Waals surface area contributed by atoms with Crippen LogP contribution in [0.3, 0.4) is 0 Å². The highest BCUT2D eigenvalue weighted by Crippen LogP contribution is 2.20. The predicted octanol–water partition coefficient (Wildman–Crippen LogP) is 4.93. The molecule has 0 fully saturated rings. The lowest BCUT2D eigenvalue weighted by Crippen LogP contribution is -2.22. The Labute approximate surface area is 177 Å². The number of nitrogens with two attached hydrogens (primary N) is 1. The highest BCUT2D eigenvalue weighted by atomic mass is 127. The van der Waals surface area contributed by atoms with E-state index >= 15 is 0 Å². The Morgan fingerprint density at radius 2 is 1.93 bits per heavy atom. The molecule has 1 heterocycles. The monoisotopic (exact) mass is 475 g/mol. The van der Waals surface area contributed by atoms with Crippen molar-refractivity contribution in [3.05, 3.63) is 78.4 Å². The topological polar surface area (TPSA) is 68.2 Å². The number of rotatable bonds is 6. The first-order chi connectivity index (χ1) is 12.7. The average molecular weight is 475 g/mol. The lowest BCUT2D eigenvalue weighted by Gasteiger charge is -2.11. The number of benzene rings is 2. The Hall–Kier alpha value is -2.35. The van der Waals surface area contributed by atoms with Crippen molar-refractivity contribution in [3.8, 4) is 5.69 Å². The quantitative estimate of drug-likeness (QED) is 0.302. The summed E-state index contributed by atoms with van der Waals surface area (Å²) >= 11 is 0. The molecule has 0 saturated carbocycles. The number of nitrogens with zero attached hydrogens (tertiary/aromatic N) is 3. The fourth-order valence-electron chi connectivity index (χ4n) is 2.79. The van der Waals surface area contributed by atoms with Gasteiger partial charge in [0.15, 0.2) is 5.96 Å². The molecule has 3 rings (SSSR count). The molecule has 6 heteroatoms. The van der Waals surface area contributed by atoms with Gasteiger partial charge in [0.25, 0.3) is 0 Å². The van der Waals surface area contributed by atoms with Gasteiger partial charge < -0.3 is 15.6 Å². The minimum Gasteiger partial charge on any atom is -0.370 e. The van der Waals surface area contributed by atoms with Crippen LogP contribution in [-0.2, 0) is 6.54 Å². The highest BCUT2D eigenvalue weighted by molar-refractivity contribution is 14.0. The molecular weight excluding hydrogens is 449 g/mol. The molecule has 0 aliphatic heterocycles. The largest absolute Gasteiger partial charge is 0.370 e. The summed E-state index contributed by atoms with van der Waals surface area (Å²) in [5, 5.41) is 3.16. The van der Waals surface area contributed by atoms with E-state index in [0.717, 1.165) is 23.4 Å². The standard InChI is InChI=1S/C21H25N5.HI/c1-3-16(2)17-8-10-19(11-9-17)25-21(22)24-14-18-6-4-5-7-20(18)26-13-12-23-15-26;/h4-13,15-16H,3,14H2,1-2H3,(H3,22,24,25);1H. The van der Waals surface area contributed by atoms with E-state index in [0.29, 0.717) is 18.4 Å². The third-order valence-corrected chi connectivity index (χ3v) is 4.56. The minimum absolute atomic E-state index is 0. The fraction of sp³-hybridized carbons (Fsp3) is 0.238. The van der Waals surface area contributed by atoms with Crippen molar-refractivity contribution in [1.29, 1.82) is 0 Å². The van der Waals surface area contributed by atoms with Gasteiger partial charge in [-0.3, -0.25) is 0 Å². The lowest BCUT2D eigenvalue weighted by atomic mass is 9.99. The summed E-state index contributed by atoms with van der Waals surface area (Å²) in [6.07, 6.45) is 6.59. The molecule has 0 saturated heterocycles. The first-order valence-electron chi connectivity index (χ1n) is 8.90. The van der Waals surface area contributed by atoms with Crippen LogP contribution in [0.1, 0.15) is 37.3 Å². The number of hydrogen-bond donors (Lipinski definition) is 2. The third-order valence-electron chi connectivity index (χ3n) is 4.56. The van der Waals surface area contributed by atoms with Gasteiger partial charge in [-0.05, 0) is 41.7 Å². The fourth-order valence-corrected chi connectivity index (χ4v) is 2.79. The van der Waals surface area contributed by atoms with Crippen LogP contribution in [-0.4, -0.2) is 15.5 Å². The first kappa shape index (κ1) is 21.0. The predicted molar refractivity (Wildman–Crippen MR) is 123 cm³/mol. The number of guanidine groups is 1. The first-order valence-corrected chi connectivity index (χ1v) is 8.90. The van der Waals surface area contributed by atoms with E-state index < -0.39 is 0 Å². The molecule has 3 N–H and O–H groups in total. The molecule has 0 aliphatic rings. The number of aliphatic imine (C=N–C) groups is 1. The summed E-state index contributed by atoms with van der Waals surface area (Å²) in [4.78, 5) is 8.59. The molecule has 1 unspecified atom stereocenters. The molecule has 0 bridgehead atoms. The van der Waals surface area contributed by atoms with Crippen LogP contribution in [0.4, 0.5) is 5.69 Å². The molecule has 0 aliphatic carbocycles. The SMILES string of the molecule is CCC(C)c1ccc(NC(N)=NCc2ccccc2-n2ccnc2)cc1.I. The molecule has 5 nitrogen and oxygen atoms in total. The second-order valence-electron chi connectivity index (χ2n) is 6.36. The summed E-state index contributed by atoms with van der Waals surface area (Å²) in [7, 11) is 0. The summed E-state index contributed by atoms with van der Waals surface area (Å²) in [5.74, 6) is 0.969. The van der Waals surface area contributed by atoms with E-state index in [2.05, 4.69) is 41.3 Å². The average Bonchev–Trinajstić information content (AvgIpc) is 3.21. The van der Waals surface area contributed by atoms with Crippen molar-refractivity contribution in [2.45, 2.75) is 32.7 Å². The molecule has 142 valence electrons. The van der Waals surface area contributed by atoms with Gasteiger partial charge >= 0.3 is 0 Å². The van der Waals surface area contributed by atoms with Crippen molar-refractivity contribution < 1.29 is 0 Å². The third kappa shape index (κ3) is 5.56. The number of anilines is 1. The molecule has 0 amide bonds. The van der Waals surface area contributed by atoms with E-state index in [1.165, 1.54) is 5.56 Å². The number of para-hydroxylation sites is 1. The summed E-state index contributed by atoms with van der Waals surface area (Å²) in [6, 6.07) is 16.5. The Balaban J connectivity index is 0.00000261. The molecule has 1 atom stereocenters. The number of hydrogen-bond acceptors (Lipinski definition) is 2. The van der Waals surface area contributed by atoms with Crippen LogP contribution >= 0.6 is 24.0 Å². The zero-order chi connectivity index (χ0) is 18.4. The van der Waals surface area contributed by atoms with Crippen LogP contribution in [0.2, 0.25) is 0 Å².